The maximum atomic E-state index is 12.3. The minimum absolute atomic E-state index is 0.110. The van der Waals surface area contributed by atoms with Crippen molar-refractivity contribution in [1.82, 2.24) is 15.0 Å². The van der Waals surface area contributed by atoms with Crippen molar-refractivity contribution in [2.45, 2.75) is 0 Å². The van der Waals surface area contributed by atoms with Gasteiger partial charge in [-0.15, -0.1) is 0 Å². The van der Waals surface area contributed by atoms with E-state index < -0.39 is 0 Å². The summed E-state index contributed by atoms with van der Waals surface area (Å²) in [6.45, 7) is 2.77. The summed E-state index contributed by atoms with van der Waals surface area (Å²) in [7, 11) is 1.66. The molecule has 1 aromatic carbocycles. The second-order valence-electron chi connectivity index (χ2n) is 5.49. The molecule has 3 heterocycles. The van der Waals surface area contributed by atoms with Gasteiger partial charge in [0, 0.05) is 32.2 Å². The Bertz CT molecular complexity index is 853. The van der Waals surface area contributed by atoms with Gasteiger partial charge in [-0.3, -0.25) is 4.79 Å². The van der Waals surface area contributed by atoms with Crippen molar-refractivity contribution >= 4 is 32.6 Å². The van der Waals surface area contributed by atoms with E-state index in [2.05, 4.69) is 15.0 Å². The number of hydrogen-bond donors (Lipinski definition) is 0. The molecule has 1 fully saturated rings. The third-order valence-corrected chi connectivity index (χ3v) is 5.15. The van der Waals surface area contributed by atoms with E-state index in [1.54, 1.807) is 29.4 Å². The lowest BCUT2D eigenvalue weighted by molar-refractivity contribution is 0.0705. The number of rotatable bonds is 3. The molecule has 0 N–H and O–H groups in total. The number of piperazine rings is 1. The number of ether oxygens (including phenoxy) is 1. The zero-order valence-electron chi connectivity index (χ0n) is 13.1. The molecule has 124 valence electrons. The van der Waals surface area contributed by atoms with Gasteiger partial charge in [-0.25, -0.2) is 4.98 Å². The fourth-order valence-electron chi connectivity index (χ4n) is 2.74. The fraction of sp³-hybridized carbons (Fsp3) is 0.312. The Balaban J connectivity index is 1.46. The molecule has 1 aliphatic rings. The molecule has 0 spiro atoms. The molecule has 1 amide bonds. The largest absolute Gasteiger partial charge is 0.497 e. The zero-order chi connectivity index (χ0) is 16.5. The highest BCUT2D eigenvalue weighted by Gasteiger charge is 2.25. The Morgan fingerprint density at radius 3 is 2.79 bits per heavy atom. The fourth-order valence-corrected chi connectivity index (χ4v) is 3.78. The number of anilines is 1. The maximum Gasteiger partial charge on any atom is 0.292 e. The molecule has 0 atom stereocenters. The van der Waals surface area contributed by atoms with Crippen LogP contribution in [0.15, 0.2) is 35.0 Å². The van der Waals surface area contributed by atoms with Crippen molar-refractivity contribution in [3.05, 3.63) is 36.2 Å². The number of hydrogen-bond acceptors (Lipinski definition) is 7. The first-order valence-corrected chi connectivity index (χ1v) is 8.46. The van der Waals surface area contributed by atoms with Crippen LogP contribution in [0.3, 0.4) is 0 Å². The van der Waals surface area contributed by atoms with E-state index in [9.17, 15) is 4.79 Å². The van der Waals surface area contributed by atoms with E-state index in [0.717, 1.165) is 34.2 Å². The lowest BCUT2D eigenvalue weighted by Gasteiger charge is -2.33. The summed E-state index contributed by atoms with van der Waals surface area (Å²) in [6.07, 6.45) is 1.49. The first-order valence-electron chi connectivity index (χ1n) is 7.64. The Kier molecular flexibility index (Phi) is 3.81. The molecule has 0 saturated carbocycles. The molecule has 3 aromatic rings. The summed E-state index contributed by atoms with van der Waals surface area (Å²) in [4.78, 5) is 20.9. The number of benzene rings is 1. The van der Waals surface area contributed by atoms with Crippen LogP contribution in [0.5, 0.6) is 5.75 Å². The van der Waals surface area contributed by atoms with Crippen LogP contribution < -0.4 is 9.64 Å². The Labute approximate surface area is 142 Å². The first kappa shape index (κ1) is 14.9. The molecule has 24 heavy (non-hydrogen) atoms. The van der Waals surface area contributed by atoms with Crippen LogP contribution in [0, 0.1) is 0 Å². The molecule has 0 unspecified atom stereocenters. The van der Waals surface area contributed by atoms with E-state index in [1.165, 1.54) is 6.20 Å². The number of fused-ring (bicyclic) bond motifs is 1. The van der Waals surface area contributed by atoms with Crippen LogP contribution >= 0.6 is 11.3 Å². The average molecular weight is 344 g/mol. The second kappa shape index (κ2) is 6.12. The SMILES string of the molecule is COc1ccc2nc(N3CCN(C(=O)c4ccno4)CC3)sc2c1. The summed E-state index contributed by atoms with van der Waals surface area (Å²) < 4.78 is 11.3. The van der Waals surface area contributed by atoms with E-state index in [4.69, 9.17) is 9.26 Å². The summed E-state index contributed by atoms with van der Waals surface area (Å²) in [5.74, 6) is 1.01. The van der Waals surface area contributed by atoms with E-state index >= 15 is 0 Å². The van der Waals surface area contributed by atoms with Crippen molar-refractivity contribution in [2.24, 2.45) is 0 Å². The van der Waals surface area contributed by atoms with Crippen LogP contribution in [-0.4, -0.2) is 54.2 Å². The smallest absolute Gasteiger partial charge is 0.292 e. The summed E-state index contributed by atoms with van der Waals surface area (Å²) >= 11 is 1.64. The van der Waals surface area contributed by atoms with E-state index in [1.807, 2.05) is 18.2 Å². The highest BCUT2D eigenvalue weighted by atomic mass is 32.1. The first-order chi connectivity index (χ1) is 11.7. The molecule has 1 aliphatic heterocycles. The topological polar surface area (TPSA) is 71.7 Å². The van der Waals surface area contributed by atoms with Crippen molar-refractivity contribution in [3.8, 4) is 5.75 Å². The van der Waals surface area contributed by atoms with E-state index in [-0.39, 0.29) is 11.7 Å². The number of aromatic nitrogens is 2. The van der Waals surface area contributed by atoms with Gasteiger partial charge < -0.3 is 19.1 Å². The molecule has 0 aliphatic carbocycles. The molecule has 0 radical (unpaired) electrons. The molecule has 1 saturated heterocycles. The van der Waals surface area contributed by atoms with Crippen LogP contribution in [0.2, 0.25) is 0 Å². The van der Waals surface area contributed by atoms with Gasteiger partial charge in [0.05, 0.1) is 23.5 Å². The van der Waals surface area contributed by atoms with Gasteiger partial charge in [0.15, 0.2) is 5.13 Å². The standard InChI is InChI=1S/C16H16N4O3S/c1-22-11-2-3-12-14(10-11)24-16(18-12)20-8-6-19(7-9-20)15(21)13-4-5-17-23-13/h2-5,10H,6-9H2,1H3. The third kappa shape index (κ3) is 2.69. The lowest BCUT2D eigenvalue weighted by Crippen LogP contribution is -2.48. The van der Waals surface area contributed by atoms with Gasteiger partial charge in [0.2, 0.25) is 5.76 Å². The number of thiazole rings is 1. The quantitative estimate of drug-likeness (QED) is 0.726. The predicted molar refractivity (Wildman–Crippen MR) is 90.8 cm³/mol. The maximum absolute atomic E-state index is 12.3. The summed E-state index contributed by atoms with van der Waals surface area (Å²) in [6, 6.07) is 7.48. The monoisotopic (exact) mass is 344 g/mol. The van der Waals surface area contributed by atoms with Crippen molar-refractivity contribution < 1.29 is 14.1 Å². The van der Waals surface area contributed by atoms with Crippen molar-refractivity contribution in [3.63, 3.8) is 0 Å². The average Bonchev–Trinajstić information content (AvgIpc) is 3.30. The number of amides is 1. The second-order valence-corrected chi connectivity index (χ2v) is 6.50. The molecular weight excluding hydrogens is 328 g/mol. The minimum Gasteiger partial charge on any atom is -0.497 e. The molecule has 8 heteroatoms. The molecule has 4 rings (SSSR count). The molecule has 0 bridgehead atoms. The van der Waals surface area contributed by atoms with Gasteiger partial charge in [0.25, 0.3) is 5.91 Å². The van der Waals surface area contributed by atoms with Gasteiger partial charge in [0.1, 0.15) is 5.75 Å². The van der Waals surface area contributed by atoms with Crippen LogP contribution in [0.1, 0.15) is 10.6 Å². The Hall–Kier alpha value is -2.61. The minimum atomic E-state index is -0.110. The summed E-state index contributed by atoms with van der Waals surface area (Å²) in [5.41, 5.74) is 0.968. The normalized spacial score (nSPS) is 15.0. The highest BCUT2D eigenvalue weighted by Crippen LogP contribution is 2.31. The van der Waals surface area contributed by atoms with Crippen molar-refractivity contribution in [1.29, 1.82) is 0 Å². The zero-order valence-corrected chi connectivity index (χ0v) is 14.0. The molecule has 7 nitrogen and oxygen atoms in total. The molecular formula is C16H16N4O3S. The van der Waals surface area contributed by atoms with Gasteiger partial charge >= 0.3 is 0 Å². The number of methoxy groups -OCH3 is 1. The lowest BCUT2D eigenvalue weighted by atomic mass is 10.3. The Morgan fingerprint density at radius 1 is 1.25 bits per heavy atom. The van der Waals surface area contributed by atoms with Crippen molar-refractivity contribution in [2.75, 3.05) is 38.2 Å². The third-order valence-electron chi connectivity index (χ3n) is 4.07. The van der Waals surface area contributed by atoms with Crippen LogP contribution in [-0.2, 0) is 0 Å². The van der Waals surface area contributed by atoms with Crippen LogP contribution in [0.4, 0.5) is 5.13 Å². The number of carbonyl (C=O) groups is 1. The predicted octanol–water partition coefficient (Wildman–Crippen LogP) is 2.26. The number of nitrogens with zero attached hydrogens (tertiary/aromatic N) is 4. The Morgan fingerprint density at radius 2 is 2.08 bits per heavy atom. The van der Waals surface area contributed by atoms with Gasteiger partial charge in [-0.05, 0) is 18.2 Å². The van der Waals surface area contributed by atoms with Crippen LogP contribution in [0.25, 0.3) is 10.2 Å². The molecule has 2 aromatic heterocycles. The van der Waals surface area contributed by atoms with Gasteiger partial charge in [-0.2, -0.15) is 0 Å². The van der Waals surface area contributed by atoms with E-state index in [0.29, 0.717) is 13.1 Å². The highest BCUT2D eigenvalue weighted by molar-refractivity contribution is 7.22. The van der Waals surface area contributed by atoms with Gasteiger partial charge in [-0.1, -0.05) is 16.5 Å². The summed E-state index contributed by atoms with van der Waals surface area (Å²) in [5, 5.41) is 4.56. The number of carbonyl (C=O) groups excluding carboxylic acids is 1.